The van der Waals surface area contributed by atoms with Gasteiger partial charge in [-0.25, -0.2) is 0 Å². The van der Waals surface area contributed by atoms with Gasteiger partial charge < -0.3 is 8.37 Å². The first kappa shape index (κ1) is 48.0. The van der Waals surface area contributed by atoms with E-state index in [0.29, 0.717) is 20.7 Å². The molecule has 0 saturated heterocycles. The van der Waals surface area contributed by atoms with Crippen LogP contribution in [0.5, 0.6) is 11.5 Å². The number of aryl methyl sites for hydroxylation is 2. The number of nitrogens with zero attached hydrogens (tertiary/aromatic N) is 6. The van der Waals surface area contributed by atoms with Crippen LogP contribution in [-0.4, -0.2) is 98.7 Å². The Bertz CT molecular complexity index is 4160. The van der Waals surface area contributed by atoms with Gasteiger partial charge in [0.1, 0.15) is 53.0 Å². The van der Waals surface area contributed by atoms with Crippen LogP contribution < -0.4 is 8.37 Å². The van der Waals surface area contributed by atoms with E-state index < -0.39 is 124 Å². The number of hydrogen-bond donors (Lipinski definition) is 4. The Morgan fingerprint density at radius 2 is 0.700 bits per heavy atom. The van der Waals surface area contributed by atoms with Gasteiger partial charge in [-0.05, 0) is 85.3 Å². The van der Waals surface area contributed by atoms with Crippen molar-refractivity contribution in [1.82, 2.24) is 30.0 Å². The minimum Gasteiger partial charge on any atom is -0.376 e. The van der Waals surface area contributed by atoms with Crippen LogP contribution in [0, 0.1) is 13.8 Å². The second kappa shape index (κ2) is 16.3. The Morgan fingerprint density at radius 3 is 1.01 bits per heavy atom. The zero-order valence-electron chi connectivity index (χ0n) is 35.0. The van der Waals surface area contributed by atoms with Gasteiger partial charge in [0.15, 0.2) is 11.5 Å². The third-order valence-electron chi connectivity index (χ3n) is 10.5. The largest absolute Gasteiger partial charge is 0.376 e. The first-order chi connectivity index (χ1) is 32.5. The van der Waals surface area contributed by atoms with E-state index in [4.69, 9.17) is 8.37 Å². The molecule has 24 nitrogen and oxygen atoms in total. The van der Waals surface area contributed by atoms with E-state index in [1.165, 1.54) is 48.5 Å². The molecule has 0 unspecified atom stereocenters. The van der Waals surface area contributed by atoms with E-state index in [1.54, 1.807) is 13.8 Å². The Kier molecular flexibility index (Phi) is 11.2. The Labute approximate surface area is 395 Å². The highest BCUT2D eigenvalue weighted by molar-refractivity contribution is 7.88. The van der Waals surface area contributed by atoms with Crippen LogP contribution in [0.15, 0.2) is 139 Å². The van der Waals surface area contributed by atoms with Crippen LogP contribution in [0.2, 0.25) is 0 Å². The average Bonchev–Trinajstić information content (AvgIpc) is 3.91. The van der Waals surface area contributed by atoms with Crippen molar-refractivity contribution in [2.45, 2.75) is 43.2 Å². The molecule has 0 radical (unpaired) electrons. The molecule has 362 valence electrons. The molecule has 0 bridgehead atoms. The fraction of sp³-hybridized carbons (Fsp3) is 0.0500. The molecule has 0 amide bonds. The van der Waals surface area contributed by atoms with Crippen molar-refractivity contribution < 1.29 is 77.1 Å². The summed E-state index contributed by atoms with van der Waals surface area (Å²) in [6, 6.07) is 19.5. The summed E-state index contributed by atoms with van der Waals surface area (Å²) >= 11 is 0. The zero-order valence-corrected chi connectivity index (χ0v) is 39.9. The summed E-state index contributed by atoms with van der Waals surface area (Å²) in [6.07, 6.45) is 0. The maximum Gasteiger partial charge on any atom is 0.339 e. The third kappa shape index (κ3) is 8.91. The highest BCUT2D eigenvalue weighted by atomic mass is 32.2. The van der Waals surface area contributed by atoms with Crippen molar-refractivity contribution in [2.75, 3.05) is 0 Å². The van der Waals surface area contributed by atoms with Crippen LogP contribution >= 0.6 is 0 Å². The number of rotatable bonds is 12. The first-order valence-corrected chi connectivity index (χ1v) is 27.8. The Balaban J connectivity index is 1.38. The van der Waals surface area contributed by atoms with Gasteiger partial charge in [0.05, 0.1) is 9.79 Å². The number of fused-ring (bicyclic) bond motifs is 6. The van der Waals surface area contributed by atoms with Crippen LogP contribution in [0.3, 0.4) is 0 Å². The number of benzene rings is 7. The van der Waals surface area contributed by atoms with E-state index in [1.807, 2.05) is 0 Å². The van der Waals surface area contributed by atoms with E-state index in [9.17, 15) is 68.7 Å². The van der Waals surface area contributed by atoms with Gasteiger partial charge in [0.25, 0.3) is 40.5 Å². The highest BCUT2D eigenvalue weighted by Gasteiger charge is 2.31. The van der Waals surface area contributed by atoms with Crippen molar-refractivity contribution in [3.8, 4) is 22.9 Å². The molecule has 0 atom stereocenters. The molecule has 0 saturated carbocycles. The molecule has 0 aliphatic rings. The molecule has 30 heteroatoms. The number of aromatic nitrogens is 6. The summed E-state index contributed by atoms with van der Waals surface area (Å²) in [4.78, 5) is -3.03. The molecule has 4 N–H and O–H groups in total. The molecule has 0 spiro atoms. The van der Waals surface area contributed by atoms with Gasteiger partial charge in [-0.15, -0.1) is 30.0 Å². The van der Waals surface area contributed by atoms with Crippen LogP contribution in [-0.2, 0) is 60.7 Å². The smallest absolute Gasteiger partial charge is 0.339 e. The summed E-state index contributed by atoms with van der Waals surface area (Å²) in [5.41, 5.74) is -2.01. The van der Waals surface area contributed by atoms with E-state index in [2.05, 4.69) is 20.4 Å². The number of hydrogen-bond acceptors (Lipinski definition) is 18. The maximum atomic E-state index is 14.1. The summed E-state index contributed by atoms with van der Waals surface area (Å²) in [7, 11) is -30.1. The molecule has 2 heterocycles. The predicted molar refractivity (Wildman–Crippen MR) is 244 cm³/mol. The lowest BCUT2D eigenvalue weighted by atomic mass is 10.1. The molecule has 70 heavy (non-hydrogen) atoms. The predicted octanol–water partition coefficient (Wildman–Crippen LogP) is 4.60. The minimum absolute atomic E-state index is 0.0381. The molecule has 9 aromatic rings. The monoisotopic (exact) mass is 1070 g/mol. The maximum absolute atomic E-state index is 14.1. The van der Waals surface area contributed by atoms with Gasteiger partial charge in [-0.3, -0.25) is 18.2 Å². The van der Waals surface area contributed by atoms with Gasteiger partial charge in [0.2, 0.25) is 0 Å². The Morgan fingerprint density at radius 1 is 0.386 bits per heavy atom. The summed E-state index contributed by atoms with van der Waals surface area (Å²) < 4.78 is 207. The molecular formula is C40H28N6O18S6. The van der Waals surface area contributed by atoms with Crippen molar-refractivity contribution in [2.24, 2.45) is 0 Å². The summed E-state index contributed by atoms with van der Waals surface area (Å²) in [6.45, 7) is 3.33. The van der Waals surface area contributed by atoms with Crippen LogP contribution in [0.1, 0.15) is 11.1 Å². The van der Waals surface area contributed by atoms with E-state index in [0.717, 1.165) is 60.7 Å². The van der Waals surface area contributed by atoms with Crippen LogP contribution in [0.4, 0.5) is 0 Å². The molecule has 0 aliphatic carbocycles. The standard InChI is InChI=1S/C40H28N6O18S6/c1-21-3-7-25(8-4-21)69(59,60)63-33-19-32(46-42-38-30-14-12-28(66(50,51)52)16-24(30)18-36(40(38)44-46)68(56,57)58)34(64-70(61,62)26-9-5-22(2)6-10-26)20-31(33)45-41-37-29-13-11-27(65(47,48)49)15-23(29)17-35(39(37)43-45)67(53,54)55/h3-20H,1-2H3,(H,47,48,49)(H,50,51,52)(H,53,54,55)(H,56,57,58). The third-order valence-corrected chi connectivity index (χ3v) is 16.4. The molecule has 0 fully saturated rings. The lowest BCUT2D eigenvalue weighted by Gasteiger charge is -2.16. The molecular weight excluding hydrogens is 1040 g/mol. The van der Waals surface area contributed by atoms with Crippen molar-refractivity contribution in [1.29, 1.82) is 0 Å². The van der Waals surface area contributed by atoms with E-state index >= 15 is 0 Å². The fourth-order valence-corrected chi connectivity index (χ4v) is 11.4. The Hall–Kier alpha value is -7.00. The molecule has 9 rings (SSSR count). The quantitative estimate of drug-likeness (QED) is 0.0959. The van der Waals surface area contributed by atoms with Gasteiger partial charge in [0, 0.05) is 22.9 Å². The summed E-state index contributed by atoms with van der Waals surface area (Å²) in [5, 5.41) is 16.6. The zero-order chi connectivity index (χ0) is 50.7. The first-order valence-electron chi connectivity index (χ1n) is 19.3. The van der Waals surface area contributed by atoms with Crippen molar-refractivity contribution >= 4 is 104 Å². The topological polar surface area (TPSA) is 366 Å². The highest BCUT2D eigenvalue weighted by Crippen LogP contribution is 2.40. The fourth-order valence-electron chi connectivity index (χ4n) is 7.14. The van der Waals surface area contributed by atoms with E-state index in [-0.39, 0.29) is 32.6 Å². The summed E-state index contributed by atoms with van der Waals surface area (Å²) in [5.74, 6) is -1.64. The second-order valence-corrected chi connectivity index (χ2v) is 24.0. The van der Waals surface area contributed by atoms with Crippen LogP contribution in [0.25, 0.3) is 55.0 Å². The van der Waals surface area contributed by atoms with Crippen molar-refractivity contribution in [3.05, 3.63) is 120 Å². The SMILES string of the molecule is Cc1ccc(S(=O)(=O)Oc2cc(-n3nc4c(S(=O)(=O)O)cc5cc(S(=O)(=O)O)ccc5c4n3)c(OS(=O)(=O)c3ccc(C)cc3)cc2-n2nc3c(S(=O)(=O)O)cc4cc(S(=O)(=O)O)ccc4c3n2)cc1. The molecule has 2 aromatic heterocycles. The second-order valence-electron chi connectivity index (χ2n) is 15.3. The normalized spacial score (nSPS) is 13.1. The minimum atomic E-state index is -5.26. The lowest BCUT2D eigenvalue weighted by Crippen LogP contribution is -2.16. The van der Waals surface area contributed by atoms with Crippen molar-refractivity contribution in [3.63, 3.8) is 0 Å². The molecule has 7 aromatic carbocycles. The van der Waals surface area contributed by atoms with Gasteiger partial charge in [-0.1, -0.05) is 47.5 Å². The van der Waals surface area contributed by atoms with Gasteiger partial charge >= 0.3 is 20.2 Å². The van der Waals surface area contributed by atoms with Gasteiger partial charge in [-0.2, -0.15) is 50.5 Å². The lowest BCUT2D eigenvalue weighted by molar-refractivity contribution is 0.471. The average molecular weight is 1070 g/mol. The molecule has 0 aliphatic heterocycles.